The molecule has 3 rings (SSSR count). The average molecular weight is 428 g/mol. The van der Waals surface area contributed by atoms with Gasteiger partial charge in [0.1, 0.15) is 5.57 Å². The lowest BCUT2D eigenvalue weighted by Gasteiger charge is -2.26. The highest BCUT2D eigenvalue weighted by Gasteiger charge is 2.36. The number of urea groups is 1. The molecule has 6 nitrogen and oxygen atoms in total. The summed E-state index contributed by atoms with van der Waals surface area (Å²) >= 11 is 3.39. The Kier molecular flexibility index (Phi) is 5.14. The number of hydrogen-bond donors (Lipinski definition) is 1. The number of nitrogens with one attached hydrogen (secondary N) is 1. The van der Waals surface area contributed by atoms with Gasteiger partial charge < -0.3 is 4.90 Å². The van der Waals surface area contributed by atoms with E-state index in [0.717, 1.165) is 20.6 Å². The van der Waals surface area contributed by atoms with Crippen molar-refractivity contribution in [3.63, 3.8) is 0 Å². The molecule has 1 aliphatic heterocycles. The van der Waals surface area contributed by atoms with E-state index in [1.165, 1.54) is 6.08 Å². The number of barbiturate groups is 1. The quantitative estimate of drug-likeness (QED) is 0.601. The Balaban J connectivity index is 1.97. The van der Waals surface area contributed by atoms with E-state index in [1.54, 1.807) is 18.2 Å². The third-order valence-corrected chi connectivity index (χ3v) is 5.11. The molecule has 138 valence electrons. The van der Waals surface area contributed by atoms with Gasteiger partial charge in [-0.15, -0.1) is 0 Å². The molecule has 1 heterocycles. The Morgan fingerprint density at radius 3 is 2.30 bits per heavy atom. The third-order valence-electron chi connectivity index (χ3n) is 4.22. The minimum Gasteiger partial charge on any atom is -0.378 e. The van der Waals surface area contributed by atoms with E-state index < -0.39 is 17.8 Å². The van der Waals surface area contributed by atoms with Crippen molar-refractivity contribution in [3.05, 3.63) is 63.6 Å². The number of anilines is 2. The first-order valence-electron chi connectivity index (χ1n) is 8.23. The van der Waals surface area contributed by atoms with Gasteiger partial charge in [0, 0.05) is 24.3 Å². The van der Waals surface area contributed by atoms with E-state index >= 15 is 0 Å². The van der Waals surface area contributed by atoms with Crippen molar-refractivity contribution < 1.29 is 14.4 Å². The van der Waals surface area contributed by atoms with Gasteiger partial charge in [-0.3, -0.25) is 14.9 Å². The predicted octanol–water partition coefficient (Wildman–Crippen LogP) is 3.49. The summed E-state index contributed by atoms with van der Waals surface area (Å²) in [4.78, 5) is 40.3. The van der Waals surface area contributed by atoms with Crippen LogP contribution in [-0.2, 0) is 9.59 Å². The largest absolute Gasteiger partial charge is 0.378 e. The van der Waals surface area contributed by atoms with Crippen LogP contribution >= 0.6 is 15.9 Å². The number of rotatable bonds is 3. The summed E-state index contributed by atoms with van der Waals surface area (Å²) in [5.41, 5.74) is 2.88. The molecule has 1 saturated heterocycles. The number of nitrogens with zero attached hydrogens (tertiary/aromatic N) is 2. The van der Waals surface area contributed by atoms with Gasteiger partial charge in [0.05, 0.1) is 5.69 Å². The number of halogens is 1. The molecule has 0 aliphatic carbocycles. The number of imide groups is 2. The molecular weight excluding hydrogens is 410 g/mol. The fourth-order valence-corrected chi connectivity index (χ4v) is 2.94. The van der Waals surface area contributed by atoms with E-state index in [0.29, 0.717) is 11.3 Å². The van der Waals surface area contributed by atoms with E-state index in [2.05, 4.69) is 21.2 Å². The van der Waals surface area contributed by atoms with Gasteiger partial charge in [-0.25, -0.2) is 9.69 Å². The molecule has 1 fully saturated rings. The molecule has 4 amide bonds. The average Bonchev–Trinajstić information content (AvgIpc) is 2.62. The molecule has 0 atom stereocenters. The van der Waals surface area contributed by atoms with E-state index in [9.17, 15) is 14.4 Å². The van der Waals surface area contributed by atoms with Crippen LogP contribution in [0.1, 0.15) is 11.1 Å². The fourth-order valence-electron chi connectivity index (χ4n) is 2.70. The number of carbonyl (C=O) groups excluding carboxylic acids is 3. The van der Waals surface area contributed by atoms with Crippen LogP contribution in [0.4, 0.5) is 16.2 Å². The predicted molar refractivity (Wildman–Crippen MR) is 109 cm³/mol. The van der Waals surface area contributed by atoms with Crippen LogP contribution in [0.2, 0.25) is 0 Å². The van der Waals surface area contributed by atoms with Gasteiger partial charge in [0.15, 0.2) is 0 Å². The molecule has 2 aromatic rings. The summed E-state index contributed by atoms with van der Waals surface area (Å²) in [7, 11) is 3.85. The maximum absolute atomic E-state index is 12.9. The molecule has 27 heavy (non-hydrogen) atoms. The molecule has 2 aromatic carbocycles. The molecule has 0 bridgehead atoms. The van der Waals surface area contributed by atoms with Gasteiger partial charge in [0.25, 0.3) is 11.8 Å². The van der Waals surface area contributed by atoms with Gasteiger partial charge in [-0.1, -0.05) is 28.1 Å². The zero-order chi connectivity index (χ0) is 19.7. The molecule has 0 aromatic heterocycles. The van der Waals surface area contributed by atoms with Gasteiger partial charge >= 0.3 is 6.03 Å². The zero-order valence-electron chi connectivity index (χ0n) is 15.1. The Bertz CT molecular complexity index is 965. The zero-order valence-corrected chi connectivity index (χ0v) is 16.7. The lowest BCUT2D eigenvalue weighted by molar-refractivity contribution is -0.122. The topological polar surface area (TPSA) is 69.7 Å². The number of hydrogen-bond acceptors (Lipinski definition) is 4. The molecule has 0 radical (unpaired) electrons. The Labute approximate surface area is 165 Å². The standard InChI is InChI=1S/C20H18BrN3O3/c1-12-10-15(8-9-17(12)21)24-19(26)16(18(25)22-20(24)27)11-13-4-6-14(7-5-13)23(2)3/h4-11H,1-3H3,(H,22,25,27). The second-order valence-corrected chi connectivity index (χ2v) is 7.23. The molecule has 0 spiro atoms. The number of carbonyl (C=O) groups is 3. The first-order valence-corrected chi connectivity index (χ1v) is 9.02. The van der Waals surface area contributed by atoms with Crippen molar-refractivity contribution in [1.82, 2.24) is 5.32 Å². The van der Waals surface area contributed by atoms with Crippen molar-refractivity contribution in [1.29, 1.82) is 0 Å². The van der Waals surface area contributed by atoms with E-state index in [1.807, 2.05) is 50.2 Å². The van der Waals surface area contributed by atoms with E-state index in [4.69, 9.17) is 0 Å². The molecule has 0 unspecified atom stereocenters. The first kappa shape index (κ1) is 18.8. The van der Waals surface area contributed by atoms with Crippen molar-refractivity contribution in [2.45, 2.75) is 6.92 Å². The smallest absolute Gasteiger partial charge is 0.335 e. The van der Waals surface area contributed by atoms with Crippen LogP contribution in [-0.4, -0.2) is 31.9 Å². The number of amides is 4. The fraction of sp³-hybridized carbons (Fsp3) is 0.150. The van der Waals surface area contributed by atoms with Crippen molar-refractivity contribution in [2.75, 3.05) is 23.9 Å². The Hall–Kier alpha value is -2.93. The Morgan fingerprint density at radius 1 is 1.04 bits per heavy atom. The van der Waals surface area contributed by atoms with Crippen LogP contribution in [0.25, 0.3) is 6.08 Å². The lowest BCUT2D eigenvalue weighted by Crippen LogP contribution is -2.54. The van der Waals surface area contributed by atoms with Crippen molar-refractivity contribution in [3.8, 4) is 0 Å². The highest BCUT2D eigenvalue weighted by molar-refractivity contribution is 9.10. The summed E-state index contributed by atoms with van der Waals surface area (Å²) in [5.74, 6) is -1.35. The van der Waals surface area contributed by atoms with Crippen LogP contribution in [0.5, 0.6) is 0 Å². The van der Waals surface area contributed by atoms with Crippen LogP contribution in [0.15, 0.2) is 52.5 Å². The first-order chi connectivity index (χ1) is 12.8. The normalized spacial score (nSPS) is 15.9. The minimum atomic E-state index is -0.758. The second-order valence-electron chi connectivity index (χ2n) is 6.38. The summed E-state index contributed by atoms with van der Waals surface area (Å²) < 4.78 is 0.865. The minimum absolute atomic E-state index is 0.0900. The lowest BCUT2D eigenvalue weighted by atomic mass is 10.1. The second kappa shape index (κ2) is 7.36. The summed E-state index contributed by atoms with van der Waals surface area (Å²) in [6.45, 7) is 1.86. The summed E-state index contributed by atoms with van der Waals surface area (Å²) in [6, 6.07) is 11.8. The number of benzene rings is 2. The maximum atomic E-state index is 12.9. The van der Waals surface area contributed by atoms with Crippen LogP contribution in [0.3, 0.4) is 0 Å². The van der Waals surface area contributed by atoms with E-state index in [-0.39, 0.29) is 5.57 Å². The highest BCUT2D eigenvalue weighted by atomic mass is 79.9. The maximum Gasteiger partial charge on any atom is 0.335 e. The van der Waals surface area contributed by atoms with Gasteiger partial charge in [-0.2, -0.15) is 0 Å². The molecule has 7 heteroatoms. The van der Waals surface area contributed by atoms with Crippen molar-refractivity contribution in [2.24, 2.45) is 0 Å². The summed E-state index contributed by atoms with van der Waals surface area (Å²) in [5, 5.41) is 2.23. The highest BCUT2D eigenvalue weighted by Crippen LogP contribution is 2.26. The monoisotopic (exact) mass is 427 g/mol. The molecule has 0 saturated carbocycles. The van der Waals surface area contributed by atoms with Gasteiger partial charge in [-0.05, 0) is 54.5 Å². The third kappa shape index (κ3) is 3.78. The van der Waals surface area contributed by atoms with Gasteiger partial charge in [0.2, 0.25) is 0 Å². The van der Waals surface area contributed by atoms with Crippen LogP contribution in [0, 0.1) is 6.92 Å². The molecular formula is C20H18BrN3O3. The molecule has 1 N–H and O–H groups in total. The summed E-state index contributed by atoms with van der Waals surface area (Å²) in [6.07, 6.45) is 1.49. The number of aryl methyl sites for hydroxylation is 1. The molecule has 1 aliphatic rings. The SMILES string of the molecule is Cc1cc(N2C(=O)NC(=O)C(=Cc3ccc(N(C)C)cc3)C2=O)ccc1Br. The van der Waals surface area contributed by atoms with Crippen molar-refractivity contribution >= 4 is 51.2 Å². The van der Waals surface area contributed by atoms with Crippen LogP contribution < -0.4 is 15.1 Å². The Morgan fingerprint density at radius 2 is 1.70 bits per heavy atom.